The van der Waals surface area contributed by atoms with Crippen LogP contribution in [0.25, 0.3) is 26.7 Å². The molecule has 0 unspecified atom stereocenters. The third kappa shape index (κ3) is 3.89. The summed E-state index contributed by atoms with van der Waals surface area (Å²) in [6.45, 7) is 13.5. The Kier molecular flexibility index (Phi) is 4.59. The number of hydrogen-bond acceptors (Lipinski definition) is 1. The molecule has 0 spiro atoms. The Morgan fingerprint density at radius 3 is 2.32 bits per heavy atom. The van der Waals surface area contributed by atoms with Crippen LogP contribution in [0.15, 0.2) is 73.0 Å². The molecule has 0 aliphatic heterocycles. The van der Waals surface area contributed by atoms with Crippen LogP contribution in [0.3, 0.4) is 0 Å². The first-order valence-corrected chi connectivity index (χ1v) is 8.32. The normalized spacial score (nSPS) is 11.6. The van der Waals surface area contributed by atoms with Crippen molar-refractivity contribution in [3.8, 4) is 16.9 Å². The Balaban J connectivity index is 2.13. The summed E-state index contributed by atoms with van der Waals surface area (Å²) >= 11 is 0. The van der Waals surface area contributed by atoms with Crippen LogP contribution in [0, 0.1) is 12.0 Å². The van der Waals surface area contributed by atoms with E-state index < -0.39 is 0 Å². The number of rotatable bonds is 3. The average molecular weight is 327 g/mol. The highest BCUT2D eigenvalue weighted by molar-refractivity contribution is 5.99. The van der Waals surface area contributed by atoms with Crippen molar-refractivity contribution in [2.45, 2.75) is 20.8 Å². The van der Waals surface area contributed by atoms with Crippen LogP contribution in [0.2, 0.25) is 0 Å². The molecule has 3 aromatic carbocycles. The standard InChI is InChI=1S/C23H21NO/c1-23(2,3)15-16-25-21-14-11-17-7-5-6-8-20(17)22(21)18-9-12-19(24-4)13-10-18/h5-16H,1-3H3/b16-15-. The molecule has 0 aliphatic carbocycles. The molecule has 124 valence electrons. The molecule has 0 saturated heterocycles. The SMILES string of the molecule is [C-]#[N+]c1ccc(-c2c(O/C=C\C(C)(C)C)ccc3ccccc23)cc1. The fourth-order valence-corrected chi connectivity index (χ4v) is 2.66. The second-order valence-corrected chi connectivity index (χ2v) is 7.11. The minimum absolute atomic E-state index is 0.0638. The number of fused-ring (bicyclic) bond motifs is 1. The van der Waals surface area contributed by atoms with Crippen LogP contribution in [0.1, 0.15) is 20.8 Å². The molecular formula is C23H21NO. The number of hydrogen-bond donors (Lipinski definition) is 0. The molecule has 0 radical (unpaired) electrons. The molecule has 0 heterocycles. The van der Waals surface area contributed by atoms with Gasteiger partial charge in [-0.3, -0.25) is 0 Å². The Bertz CT molecular complexity index is 954. The van der Waals surface area contributed by atoms with Crippen molar-refractivity contribution < 1.29 is 4.74 Å². The summed E-state index contributed by atoms with van der Waals surface area (Å²) in [4.78, 5) is 3.47. The maximum absolute atomic E-state index is 7.13. The van der Waals surface area contributed by atoms with Gasteiger partial charge in [-0.05, 0) is 33.9 Å². The van der Waals surface area contributed by atoms with Crippen molar-refractivity contribution in [3.63, 3.8) is 0 Å². The molecule has 2 nitrogen and oxygen atoms in total. The van der Waals surface area contributed by atoms with Gasteiger partial charge in [-0.25, -0.2) is 4.85 Å². The molecule has 0 bridgehead atoms. The second kappa shape index (κ2) is 6.83. The monoisotopic (exact) mass is 327 g/mol. The molecule has 3 aromatic rings. The zero-order chi connectivity index (χ0) is 17.9. The largest absolute Gasteiger partial charge is 0.465 e. The van der Waals surface area contributed by atoms with Gasteiger partial charge in [0.25, 0.3) is 0 Å². The smallest absolute Gasteiger partial charge is 0.187 e. The topological polar surface area (TPSA) is 13.6 Å². The van der Waals surface area contributed by atoms with Gasteiger partial charge in [0.15, 0.2) is 5.69 Å². The molecule has 25 heavy (non-hydrogen) atoms. The Hall–Kier alpha value is -3.05. The highest BCUT2D eigenvalue weighted by atomic mass is 16.5. The van der Waals surface area contributed by atoms with Crippen LogP contribution in [-0.4, -0.2) is 0 Å². The molecular weight excluding hydrogens is 306 g/mol. The Labute approximate surface area is 149 Å². The highest BCUT2D eigenvalue weighted by Crippen LogP contribution is 2.38. The number of allylic oxidation sites excluding steroid dienone is 1. The maximum atomic E-state index is 7.13. The molecule has 0 aliphatic rings. The maximum Gasteiger partial charge on any atom is 0.187 e. The van der Waals surface area contributed by atoms with E-state index in [1.54, 1.807) is 6.26 Å². The van der Waals surface area contributed by atoms with Gasteiger partial charge in [-0.15, -0.1) is 0 Å². The second-order valence-electron chi connectivity index (χ2n) is 7.11. The number of benzene rings is 3. The zero-order valence-electron chi connectivity index (χ0n) is 14.8. The van der Waals surface area contributed by atoms with Gasteiger partial charge in [0.05, 0.1) is 12.8 Å². The predicted molar refractivity (Wildman–Crippen MR) is 105 cm³/mol. The molecule has 0 saturated carbocycles. The van der Waals surface area contributed by atoms with E-state index in [4.69, 9.17) is 11.3 Å². The fourth-order valence-electron chi connectivity index (χ4n) is 2.66. The van der Waals surface area contributed by atoms with Crippen LogP contribution in [0.5, 0.6) is 5.75 Å². The van der Waals surface area contributed by atoms with E-state index in [1.807, 2.05) is 48.5 Å². The summed E-state index contributed by atoms with van der Waals surface area (Å²) in [7, 11) is 0. The average Bonchev–Trinajstić information content (AvgIpc) is 2.60. The third-order valence-corrected chi connectivity index (χ3v) is 3.94. The summed E-state index contributed by atoms with van der Waals surface area (Å²) in [6.07, 6.45) is 3.81. The summed E-state index contributed by atoms with van der Waals surface area (Å²) in [5.41, 5.74) is 2.80. The van der Waals surface area contributed by atoms with Crippen LogP contribution in [-0.2, 0) is 0 Å². The predicted octanol–water partition coefficient (Wildman–Crippen LogP) is 7.00. The van der Waals surface area contributed by atoms with Gasteiger partial charge in [-0.1, -0.05) is 75.4 Å². The van der Waals surface area contributed by atoms with Crippen molar-refractivity contribution in [2.24, 2.45) is 5.41 Å². The zero-order valence-corrected chi connectivity index (χ0v) is 14.8. The van der Waals surface area contributed by atoms with E-state index in [0.717, 1.165) is 22.3 Å². The molecule has 0 fully saturated rings. The van der Waals surface area contributed by atoms with Crippen LogP contribution < -0.4 is 4.74 Å². The van der Waals surface area contributed by atoms with Crippen molar-refractivity contribution in [2.75, 3.05) is 0 Å². The first-order chi connectivity index (χ1) is 12.0. The van der Waals surface area contributed by atoms with Crippen molar-refractivity contribution in [1.82, 2.24) is 0 Å². The quantitative estimate of drug-likeness (QED) is 0.373. The first kappa shape index (κ1) is 16.8. The Morgan fingerprint density at radius 2 is 1.64 bits per heavy atom. The lowest BCUT2D eigenvalue weighted by molar-refractivity contribution is 0.456. The number of ether oxygens (including phenoxy) is 1. The lowest BCUT2D eigenvalue weighted by atomic mass is 9.96. The molecule has 0 aromatic heterocycles. The summed E-state index contributed by atoms with van der Waals surface area (Å²) in [5, 5.41) is 2.30. The van der Waals surface area contributed by atoms with E-state index in [0.29, 0.717) is 5.69 Å². The van der Waals surface area contributed by atoms with E-state index in [1.165, 1.54) is 5.39 Å². The van der Waals surface area contributed by atoms with E-state index in [-0.39, 0.29) is 5.41 Å². The van der Waals surface area contributed by atoms with Gasteiger partial charge >= 0.3 is 0 Å². The molecule has 0 atom stereocenters. The third-order valence-electron chi connectivity index (χ3n) is 3.94. The van der Waals surface area contributed by atoms with Gasteiger partial charge in [0, 0.05) is 5.56 Å². The fraction of sp³-hybridized carbons (Fsp3) is 0.174. The summed E-state index contributed by atoms with van der Waals surface area (Å²) < 4.78 is 5.99. The Morgan fingerprint density at radius 1 is 0.920 bits per heavy atom. The van der Waals surface area contributed by atoms with Crippen LogP contribution >= 0.6 is 0 Å². The lowest BCUT2D eigenvalue weighted by Gasteiger charge is -2.15. The summed E-state index contributed by atoms with van der Waals surface area (Å²) in [5.74, 6) is 0.815. The van der Waals surface area contributed by atoms with Crippen LogP contribution in [0.4, 0.5) is 5.69 Å². The van der Waals surface area contributed by atoms with Gasteiger partial charge < -0.3 is 4.74 Å². The van der Waals surface area contributed by atoms with E-state index in [2.05, 4.69) is 43.8 Å². The van der Waals surface area contributed by atoms with Crippen molar-refractivity contribution in [3.05, 3.63) is 84.4 Å². The minimum atomic E-state index is 0.0638. The highest BCUT2D eigenvalue weighted by Gasteiger charge is 2.11. The van der Waals surface area contributed by atoms with Crippen molar-refractivity contribution in [1.29, 1.82) is 0 Å². The molecule has 0 N–H and O–H groups in total. The van der Waals surface area contributed by atoms with Gasteiger partial charge in [-0.2, -0.15) is 0 Å². The molecule has 3 rings (SSSR count). The lowest BCUT2D eigenvalue weighted by Crippen LogP contribution is -2.00. The minimum Gasteiger partial charge on any atom is -0.465 e. The van der Waals surface area contributed by atoms with Gasteiger partial charge in [0.1, 0.15) is 5.75 Å². The summed E-state index contributed by atoms with van der Waals surface area (Å²) in [6, 6.07) is 20.0. The first-order valence-electron chi connectivity index (χ1n) is 8.32. The number of nitrogens with zero attached hydrogens (tertiary/aromatic N) is 1. The van der Waals surface area contributed by atoms with E-state index >= 15 is 0 Å². The molecule has 0 amide bonds. The van der Waals surface area contributed by atoms with Gasteiger partial charge in [0.2, 0.25) is 0 Å². The van der Waals surface area contributed by atoms with Crippen molar-refractivity contribution >= 4 is 16.5 Å². The molecule has 2 heteroatoms. The van der Waals surface area contributed by atoms with E-state index in [9.17, 15) is 0 Å².